The molecule has 138 valence electrons. The van der Waals surface area contributed by atoms with E-state index in [9.17, 15) is 9.59 Å². The van der Waals surface area contributed by atoms with Gasteiger partial charge in [0, 0.05) is 17.3 Å². The molecular formula is C21H17N5O2. The molecule has 2 aromatic carbocycles. The van der Waals surface area contributed by atoms with E-state index in [0.29, 0.717) is 34.1 Å². The number of nitriles is 1. The number of nitrogens with zero attached hydrogens (tertiary/aromatic N) is 3. The monoisotopic (exact) mass is 371 g/mol. The predicted molar refractivity (Wildman–Crippen MR) is 106 cm³/mol. The highest BCUT2D eigenvalue weighted by Crippen LogP contribution is 2.19. The van der Waals surface area contributed by atoms with Crippen LogP contribution in [0.2, 0.25) is 0 Å². The molecule has 0 aliphatic heterocycles. The standard InChI is InChI=1S/C21H17N5O2/c1-13(27)15-7-5-8-17(10-15)25-20-11-19(23-14(2)24-20)21(28)26-18-9-4-3-6-16(18)12-22/h3-11H,1-2H3,(H,26,28)(H,23,24,25). The Morgan fingerprint density at radius 2 is 1.82 bits per heavy atom. The number of rotatable bonds is 5. The van der Waals surface area contributed by atoms with E-state index >= 15 is 0 Å². The average Bonchev–Trinajstić information content (AvgIpc) is 2.68. The highest BCUT2D eigenvalue weighted by atomic mass is 16.2. The van der Waals surface area contributed by atoms with Crippen molar-refractivity contribution >= 4 is 28.9 Å². The Morgan fingerprint density at radius 3 is 2.57 bits per heavy atom. The Morgan fingerprint density at radius 1 is 1.04 bits per heavy atom. The average molecular weight is 371 g/mol. The molecule has 3 rings (SSSR count). The topological polar surface area (TPSA) is 108 Å². The number of amides is 1. The molecule has 0 radical (unpaired) electrons. The van der Waals surface area contributed by atoms with E-state index in [-0.39, 0.29) is 11.5 Å². The van der Waals surface area contributed by atoms with Gasteiger partial charge in [-0.1, -0.05) is 24.3 Å². The molecule has 0 fully saturated rings. The van der Waals surface area contributed by atoms with E-state index in [2.05, 4.69) is 20.6 Å². The van der Waals surface area contributed by atoms with Gasteiger partial charge in [-0.2, -0.15) is 5.26 Å². The van der Waals surface area contributed by atoms with Crippen LogP contribution in [0.1, 0.15) is 39.2 Å². The van der Waals surface area contributed by atoms with Crippen molar-refractivity contribution in [2.24, 2.45) is 0 Å². The zero-order valence-electron chi connectivity index (χ0n) is 15.4. The number of carbonyl (C=O) groups excluding carboxylic acids is 2. The number of hydrogen-bond donors (Lipinski definition) is 2. The van der Waals surface area contributed by atoms with Gasteiger partial charge in [-0.3, -0.25) is 9.59 Å². The zero-order valence-corrected chi connectivity index (χ0v) is 15.4. The molecule has 1 heterocycles. The number of benzene rings is 2. The maximum Gasteiger partial charge on any atom is 0.274 e. The molecule has 0 aliphatic rings. The van der Waals surface area contributed by atoms with Crippen molar-refractivity contribution in [1.82, 2.24) is 9.97 Å². The minimum Gasteiger partial charge on any atom is -0.340 e. The SMILES string of the molecule is CC(=O)c1cccc(Nc2cc(C(=O)Nc3ccccc3C#N)nc(C)n2)c1. The van der Waals surface area contributed by atoms with E-state index in [1.54, 1.807) is 55.5 Å². The number of Topliss-reactive ketones (excluding diaryl/α,β-unsaturated/α-hetero) is 1. The maximum absolute atomic E-state index is 12.6. The second-order valence-electron chi connectivity index (χ2n) is 6.06. The number of carbonyl (C=O) groups is 2. The third-order valence-corrected chi connectivity index (χ3v) is 3.91. The van der Waals surface area contributed by atoms with E-state index in [4.69, 9.17) is 5.26 Å². The molecule has 1 amide bonds. The molecule has 0 bridgehead atoms. The molecule has 2 N–H and O–H groups in total. The smallest absolute Gasteiger partial charge is 0.274 e. The normalized spacial score (nSPS) is 10.0. The maximum atomic E-state index is 12.6. The van der Waals surface area contributed by atoms with Crippen LogP contribution in [-0.2, 0) is 0 Å². The largest absolute Gasteiger partial charge is 0.340 e. The van der Waals surface area contributed by atoms with E-state index < -0.39 is 5.91 Å². The number of aryl methyl sites for hydroxylation is 1. The molecule has 0 saturated carbocycles. The summed E-state index contributed by atoms with van der Waals surface area (Å²) in [6.07, 6.45) is 0. The molecule has 3 aromatic rings. The molecule has 7 nitrogen and oxygen atoms in total. The van der Waals surface area contributed by atoms with Crippen LogP contribution in [0, 0.1) is 18.3 Å². The second-order valence-corrected chi connectivity index (χ2v) is 6.06. The van der Waals surface area contributed by atoms with Gasteiger partial charge >= 0.3 is 0 Å². The van der Waals surface area contributed by atoms with Crippen molar-refractivity contribution in [3.8, 4) is 6.07 Å². The lowest BCUT2D eigenvalue weighted by atomic mass is 10.1. The number of aromatic nitrogens is 2. The summed E-state index contributed by atoms with van der Waals surface area (Å²) in [7, 11) is 0. The van der Waals surface area contributed by atoms with Crippen molar-refractivity contribution in [3.05, 3.63) is 77.2 Å². The summed E-state index contributed by atoms with van der Waals surface area (Å²) < 4.78 is 0. The Labute approximate surface area is 162 Å². The Kier molecular flexibility index (Phi) is 5.42. The van der Waals surface area contributed by atoms with Crippen molar-refractivity contribution in [3.63, 3.8) is 0 Å². The molecular weight excluding hydrogens is 354 g/mol. The zero-order chi connectivity index (χ0) is 20.1. The van der Waals surface area contributed by atoms with Crippen molar-refractivity contribution < 1.29 is 9.59 Å². The van der Waals surface area contributed by atoms with Gasteiger partial charge in [0.2, 0.25) is 0 Å². The van der Waals surface area contributed by atoms with Gasteiger partial charge in [-0.25, -0.2) is 9.97 Å². The molecule has 0 unspecified atom stereocenters. The van der Waals surface area contributed by atoms with Crippen LogP contribution < -0.4 is 10.6 Å². The van der Waals surface area contributed by atoms with Gasteiger partial charge in [-0.05, 0) is 38.1 Å². The summed E-state index contributed by atoms with van der Waals surface area (Å²) in [5.74, 6) is 0.339. The first-order chi connectivity index (χ1) is 13.5. The lowest BCUT2D eigenvalue weighted by molar-refractivity contribution is 0.101. The summed E-state index contributed by atoms with van der Waals surface area (Å²) >= 11 is 0. The molecule has 0 aliphatic carbocycles. The third-order valence-electron chi connectivity index (χ3n) is 3.91. The van der Waals surface area contributed by atoms with Crippen molar-refractivity contribution in [2.45, 2.75) is 13.8 Å². The van der Waals surface area contributed by atoms with E-state index in [0.717, 1.165) is 0 Å². The Hall–Kier alpha value is -4.05. The Balaban J connectivity index is 1.85. The van der Waals surface area contributed by atoms with Crippen molar-refractivity contribution in [2.75, 3.05) is 10.6 Å². The summed E-state index contributed by atoms with van der Waals surface area (Å²) in [6.45, 7) is 3.17. The van der Waals surface area contributed by atoms with Crippen LogP contribution >= 0.6 is 0 Å². The van der Waals surface area contributed by atoms with Gasteiger partial charge in [0.05, 0.1) is 11.3 Å². The molecule has 7 heteroatoms. The van der Waals surface area contributed by atoms with Gasteiger partial charge in [-0.15, -0.1) is 0 Å². The van der Waals surface area contributed by atoms with Crippen LogP contribution in [0.15, 0.2) is 54.6 Å². The first kappa shape index (κ1) is 18.7. The first-order valence-corrected chi connectivity index (χ1v) is 8.50. The van der Waals surface area contributed by atoms with Gasteiger partial charge in [0.1, 0.15) is 23.4 Å². The molecule has 0 atom stereocenters. The minimum absolute atomic E-state index is 0.0428. The van der Waals surface area contributed by atoms with Crippen LogP contribution in [0.3, 0.4) is 0 Å². The minimum atomic E-state index is -0.450. The number of para-hydroxylation sites is 1. The van der Waals surface area contributed by atoms with Gasteiger partial charge in [0.25, 0.3) is 5.91 Å². The lowest BCUT2D eigenvalue weighted by Gasteiger charge is -2.10. The molecule has 0 spiro atoms. The molecule has 0 saturated heterocycles. The quantitative estimate of drug-likeness (QED) is 0.660. The molecule has 1 aromatic heterocycles. The molecule has 28 heavy (non-hydrogen) atoms. The summed E-state index contributed by atoms with van der Waals surface area (Å²) in [5.41, 5.74) is 2.18. The fourth-order valence-corrected chi connectivity index (χ4v) is 2.59. The number of anilines is 3. The fourth-order valence-electron chi connectivity index (χ4n) is 2.59. The second kappa shape index (κ2) is 8.10. The predicted octanol–water partition coefficient (Wildman–Crippen LogP) is 3.86. The Bertz CT molecular complexity index is 1100. The van der Waals surface area contributed by atoms with Crippen LogP contribution in [0.25, 0.3) is 0 Å². The summed E-state index contributed by atoms with van der Waals surface area (Å²) in [4.78, 5) is 32.6. The van der Waals surface area contributed by atoms with E-state index in [1.807, 2.05) is 6.07 Å². The fraction of sp³-hybridized carbons (Fsp3) is 0.0952. The van der Waals surface area contributed by atoms with Crippen LogP contribution in [-0.4, -0.2) is 21.7 Å². The highest BCUT2D eigenvalue weighted by Gasteiger charge is 2.13. The van der Waals surface area contributed by atoms with Gasteiger partial charge < -0.3 is 10.6 Å². The van der Waals surface area contributed by atoms with Crippen molar-refractivity contribution in [1.29, 1.82) is 5.26 Å². The summed E-state index contributed by atoms with van der Waals surface area (Å²) in [5, 5.41) is 14.9. The lowest BCUT2D eigenvalue weighted by Crippen LogP contribution is -2.16. The number of ketones is 1. The van der Waals surface area contributed by atoms with Gasteiger partial charge in [0.15, 0.2) is 5.78 Å². The number of hydrogen-bond acceptors (Lipinski definition) is 6. The van der Waals surface area contributed by atoms with Crippen LogP contribution in [0.5, 0.6) is 0 Å². The van der Waals surface area contributed by atoms with E-state index in [1.165, 1.54) is 13.0 Å². The third kappa shape index (κ3) is 4.37. The number of nitrogens with one attached hydrogen (secondary N) is 2. The first-order valence-electron chi connectivity index (χ1n) is 8.50. The summed E-state index contributed by atoms with van der Waals surface area (Å²) in [6, 6.07) is 17.3. The van der Waals surface area contributed by atoms with Crippen LogP contribution in [0.4, 0.5) is 17.2 Å². The highest BCUT2D eigenvalue weighted by molar-refractivity contribution is 6.04.